The highest BCUT2D eigenvalue weighted by Crippen LogP contribution is 2.23. The third-order valence-corrected chi connectivity index (χ3v) is 5.45. The van der Waals surface area contributed by atoms with E-state index in [1.54, 1.807) is 24.1 Å². The van der Waals surface area contributed by atoms with Gasteiger partial charge in [0.15, 0.2) is 5.03 Å². The van der Waals surface area contributed by atoms with Gasteiger partial charge in [0.25, 0.3) is 10.0 Å². The summed E-state index contributed by atoms with van der Waals surface area (Å²) in [4.78, 5) is 17.9. The summed E-state index contributed by atoms with van der Waals surface area (Å²) in [5.74, 6) is -0.753. The number of aromatic nitrogens is 2. The number of sulfonamides is 1. The minimum atomic E-state index is -3.87. The Labute approximate surface area is 151 Å². The summed E-state index contributed by atoms with van der Waals surface area (Å²) in [6.45, 7) is 1.09. The van der Waals surface area contributed by atoms with Crippen molar-refractivity contribution in [2.75, 3.05) is 26.2 Å². The predicted molar refractivity (Wildman–Crippen MR) is 92.1 cm³/mol. The summed E-state index contributed by atoms with van der Waals surface area (Å²) in [5.41, 5.74) is 0.665. The maximum atomic E-state index is 13.5. The Morgan fingerprint density at radius 2 is 2.27 bits per heavy atom. The summed E-state index contributed by atoms with van der Waals surface area (Å²) in [5, 5.41) is 3.03. The molecular weight excluding hydrogens is 361 g/mol. The number of rotatable bonds is 5. The molecule has 0 radical (unpaired) electrons. The van der Waals surface area contributed by atoms with E-state index in [-0.39, 0.29) is 29.3 Å². The Hall–Kier alpha value is -2.30. The van der Waals surface area contributed by atoms with Crippen LogP contribution in [0.2, 0.25) is 0 Å². The molecule has 0 spiro atoms. The molecule has 0 bridgehead atoms. The fourth-order valence-corrected chi connectivity index (χ4v) is 3.83. The molecule has 1 amide bonds. The zero-order valence-corrected chi connectivity index (χ0v) is 15.0. The largest absolute Gasteiger partial charge is 0.339 e. The van der Waals surface area contributed by atoms with E-state index in [9.17, 15) is 17.6 Å². The van der Waals surface area contributed by atoms with Crippen molar-refractivity contribution in [1.82, 2.24) is 24.5 Å². The summed E-state index contributed by atoms with van der Waals surface area (Å²) >= 11 is 0. The molecule has 8 nitrogen and oxygen atoms in total. The zero-order chi connectivity index (χ0) is 18.7. The lowest BCUT2D eigenvalue weighted by atomic mass is 10.0. The van der Waals surface area contributed by atoms with Gasteiger partial charge in [-0.1, -0.05) is 12.1 Å². The SMILES string of the molecule is Cn1cnc(S(=O)(=O)NCC(=O)N2CCNCC2c2cccc(F)c2)c1. The molecule has 1 aliphatic heterocycles. The lowest BCUT2D eigenvalue weighted by Crippen LogP contribution is -2.51. The number of aryl methyl sites for hydroxylation is 1. The number of amides is 1. The van der Waals surface area contributed by atoms with Crippen LogP contribution in [0, 0.1) is 5.82 Å². The van der Waals surface area contributed by atoms with Gasteiger partial charge in [-0.3, -0.25) is 4.79 Å². The lowest BCUT2D eigenvalue weighted by molar-refractivity contribution is -0.133. The molecule has 0 saturated carbocycles. The van der Waals surface area contributed by atoms with E-state index in [0.717, 1.165) is 0 Å². The van der Waals surface area contributed by atoms with Crippen LogP contribution in [0.15, 0.2) is 41.8 Å². The van der Waals surface area contributed by atoms with E-state index < -0.39 is 10.0 Å². The molecule has 10 heteroatoms. The van der Waals surface area contributed by atoms with Crippen LogP contribution in [0.1, 0.15) is 11.6 Å². The molecule has 1 saturated heterocycles. The van der Waals surface area contributed by atoms with Gasteiger partial charge in [-0.15, -0.1) is 0 Å². The Morgan fingerprint density at radius 3 is 2.96 bits per heavy atom. The van der Waals surface area contributed by atoms with Crippen LogP contribution in [0.25, 0.3) is 0 Å². The van der Waals surface area contributed by atoms with E-state index in [1.165, 1.54) is 29.2 Å². The third-order valence-electron chi connectivity index (χ3n) is 4.17. The lowest BCUT2D eigenvalue weighted by Gasteiger charge is -2.36. The number of nitrogens with one attached hydrogen (secondary N) is 2. The number of imidazole rings is 1. The predicted octanol–water partition coefficient (Wildman–Crippen LogP) is 0.0106. The first-order chi connectivity index (χ1) is 12.4. The molecule has 26 heavy (non-hydrogen) atoms. The number of nitrogens with zero attached hydrogens (tertiary/aromatic N) is 3. The quantitative estimate of drug-likeness (QED) is 0.761. The summed E-state index contributed by atoms with van der Waals surface area (Å²) < 4.78 is 41.7. The van der Waals surface area contributed by atoms with Crippen molar-refractivity contribution in [2.24, 2.45) is 7.05 Å². The number of benzene rings is 1. The van der Waals surface area contributed by atoms with Crippen molar-refractivity contribution in [2.45, 2.75) is 11.1 Å². The molecule has 1 aromatic carbocycles. The Balaban J connectivity index is 1.71. The minimum Gasteiger partial charge on any atom is -0.339 e. The smallest absolute Gasteiger partial charge is 0.260 e. The molecule has 140 valence electrons. The topological polar surface area (TPSA) is 96.3 Å². The van der Waals surface area contributed by atoms with Gasteiger partial charge in [0.05, 0.1) is 18.9 Å². The number of carbonyl (C=O) groups excluding carboxylic acids is 1. The molecule has 1 fully saturated rings. The maximum Gasteiger partial charge on any atom is 0.260 e. The van der Waals surface area contributed by atoms with Gasteiger partial charge in [-0.05, 0) is 17.7 Å². The average Bonchev–Trinajstić information content (AvgIpc) is 3.07. The van der Waals surface area contributed by atoms with E-state index >= 15 is 0 Å². The number of carbonyl (C=O) groups is 1. The van der Waals surface area contributed by atoms with Gasteiger partial charge >= 0.3 is 0 Å². The van der Waals surface area contributed by atoms with E-state index in [4.69, 9.17) is 0 Å². The van der Waals surface area contributed by atoms with Gasteiger partial charge in [0.1, 0.15) is 5.82 Å². The molecule has 2 N–H and O–H groups in total. The molecule has 3 rings (SSSR count). The zero-order valence-electron chi connectivity index (χ0n) is 14.2. The molecule has 2 aromatic rings. The average molecular weight is 381 g/mol. The van der Waals surface area contributed by atoms with E-state index in [2.05, 4.69) is 15.0 Å². The third kappa shape index (κ3) is 4.09. The molecule has 1 unspecified atom stereocenters. The van der Waals surface area contributed by atoms with Crippen molar-refractivity contribution < 1.29 is 17.6 Å². The molecule has 1 aliphatic rings. The number of piperazine rings is 1. The Morgan fingerprint density at radius 1 is 1.46 bits per heavy atom. The highest BCUT2D eigenvalue weighted by atomic mass is 32.2. The Bertz CT molecular complexity index is 899. The fourth-order valence-electron chi connectivity index (χ4n) is 2.87. The maximum absolute atomic E-state index is 13.5. The number of hydrogen-bond acceptors (Lipinski definition) is 5. The second-order valence-corrected chi connectivity index (χ2v) is 7.78. The highest BCUT2D eigenvalue weighted by Gasteiger charge is 2.29. The van der Waals surface area contributed by atoms with Crippen LogP contribution in [-0.2, 0) is 21.9 Å². The van der Waals surface area contributed by atoms with Crippen molar-refractivity contribution in [3.63, 3.8) is 0 Å². The van der Waals surface area contributed by atoms with Gasteiger partial charge in [-0.25, -0.2) is 22.5 Å². The molecule has 0 aliphatic carbocycles. The molecule has 1 atom stereocenters. The summed E-state index contributed by atoms with van der Waals surface area (Å²) in [7, 11) is -2.21. The standard InChI is InChI=1S/C16H20FN5O3S/c1-21-10-15(19-11-21)26(24,25)20-9-16(23)22-6-5-18-8-14(22)12-3-2-4-13(17)7-12/h2-4,7,10-11,14,18,20H,5-6,8-9H2,1H3. The molecule has 1 aromatic heterocycles. The summed E-state index contributed by atoms with van der Waals surface area (Å²) in [6.07, 6.45) is 2.72. The molecular formula is C16H20FN5O3S. The van der Waals surface area contributed by atoms with Gasteiger partial charge < -0.3 is 14.8 Å². The van der Waals surface area contributed by atoms with Gasteiger partial charge in [-0.2, -0.15) is 0 Å². The van der Waals surface area contributed by atoms with Crippen LogP contribution in [0.3, 0.4) is 0 Å². The van der Waals surface area contributed by atoms with Crippen LogP contribution < -0.4 is 10.0 Å². The van der Waals surface area contributed by atoms with Crippen LogP contribution >= 0.6 is 0 Å². The first kappa shape index (κ1) is 18.5. The monoisotopic (exact) mass is 381 g/mol. The second kappa shape index (κ2) is 7.52. The van der Waals surface area contributed by atoms with Gasteiger partial charge in [0.2, 0.25) is 5.91 Å². The van der Waals surface area contributed by atoms with E-state index in [0.29, 0.717) is 25.2 Å². The van der Waals surface area contributed by atoms with Crippen LogP contribution in [0.5, 0.6) is 0 Å². The Kier molecular flexibility index (Phi) is 5.35. The number of halogens is 1. The fraction of sp³-hybridized carbons (Fsp3) is 0.375. The van der Waals surface area contributed by atoms with Crippen molar-refractivity contribution in [1.29, 1.82) is 0 Å². The van der Waals surface area contributed by atoms with Crippen molar-refractivity contribution >= 4 is 15.9 Å². The van der Waals surface area contributed by atoms with Gasteiger partial charge in [0, 0.05) is 32.9 Å². The second-order valence-electron chi connectivity index (χ2n) is 6.06. The first-order valence-corrected chi connectivity index (χ1v) is 9.58. The highest BCUT2D eigenvalue weighted by molar-refractivity contribution is 7.89. The summed E-state index contributed by atoms with van der Waals surface area (Å²) in [6, 6.07) is 5.71. The van der Waals surface area contributed by atoms with Crippen molar-refractivity contribution in [3.8, 4) is 0 Å². The first-order valence-electron chi connectivity index (χ1n) is 8.10. The minimum absolute atomic E-state index is 0.144. The van der Waals surface area contributed by atoms with E-state index in [1.807, 2.05) is 0 Å². The molecule has 2 heterocycles. The van der Waals surface area contributed by atoms with Crippen molar-refractivity contribution in [3.05, 3.63) is 48.2 Å². The number of hydrogen-bond donors (Lipinski definition) is 2. The van der Waals surface area contributed by atoms with Crippen LogP contribution in [0.4, 0.5) is 4.39 Å². The van der Waals surface area contributed by atoms with Crippen LogP contribution in [-0.4, -0.2) is 55.0 Å². The normalized spacial score (nSPS) is 18.1.